The molecule has 1 atom stereocenters. The van der Waals surface area contributed by atoms with E-state index in [-0.39, 0.29) is 0 Å². The van der Waals surface area contributed by atoms with Crippen LogP contribution in [0.1, 0.15) is 32.0 Å². The van der Waals surface area contributed by atoms with Gasteiger partial charge in [0, 0.05) is 19.3 Å². The molecule has 4 nitrogen and oxygen atoms in total. The third-order valence-electron chi connectivity index (χ3n) is 2.80. The van der Waals surface area contributed by atoms with E-state index in [1.807, 2.05) is 4.68 Å². The SMILES string of the molecule is CC(C)CNCc1ccn(C2CCOC2)n1. The van der Waals surface area contributed by atoms with E-state index in [9.17, 15) is 0 Å². The lowest BCUT2D eigenvalue weighted by Gasteiger charge is -2.08. The second-order valence-electron chi connectivity index (χ2n) is 4.83. The molecule has 1 aliphatic heterocycles. The summed E-state index contributed by atoms with van der Waals surface area (Å²) >= 11 is 0. The highest BCUT2D eigenvalue weighted by Gasteiger charge is 2.17. The summed E-state index contributed by atoms with van der Waals surface area (Å²) in [7, 11) is 0. The second kappa shape index (κ2) is 5.46. The maximum atomic E-state index is 5.36. The fourth-order valence-corrected chi connectivity index (χ4v) is 1.89. The Morgan fingerprint density at radius 1 is 1.62 bits per heavy atom. The average Bonchev–Trinajstić information content (AvgIpc) is 2.85. The van der Waals surface area contributed by atoms with Gasteiger partial charge in [0.1, 0.15) is 0 Å². The Balaban J connectivity index is 1.82. The maximum Gasteiger partial charge on any atom is 0.0774 e. The van der Waals surface area contributed by atoms with Crippen LogP contribution in [0.3, 0.4) is 0 Å². The van der Waals surface area contributed by atoms with Crippen molar-refractivity contribution in [1.82, 2.24) is 15.1 Å². The van der Waals surface area contributed by atoms with E-state index in [2.05, 4.69) is 36.5 Å². The van der Waals surface area contributed by atoms with Gasteiger partial charge in [-0.15, -0.1) is 0 Å². The summed E-state index contributed by atoms with van der Waals surface area (Å²) in [5.41, 5.74) is 1.12. The van der Waals surface area contributed by atoms with Crippen molar-refractivity contribution in [2.45, 2.75) is 32.9 Å². The molecular formula is C12H21N3O. The molecule has 0 spiro atoms. The predicted octanol–water partition coefficient (Wildman–Crippen LogP) is 1.59. The summed E-state index contributed by atoms with van der Waals surface area (Å²) in [6.45, 7) is 7.99. The first-order valence-electron chi connectivity index (χ1n) is 6.08. The standard InChI is InChI=1S/C12H21N3O/c1-10(2)7-13-8-11-3-5-15(14-11)12-4-6-16-9-12/h3,5,10,12-13H,4,6-9H2,1-2H3. The predicted molar refractivity (Wildman–Crippen MR) is 63.2 cm³/mol. The number of aromatic nitrogens is 2. The molecule has 0 aromatic carbocycles. The molecule has 0 aliphatic carbocycles. The number of hydrogen-bond donors (Lipinski definition) is 1. The maximum absolute atomic E-state index is 5.36. The number of rotatable bonds is 5. The van der Waals surface area contributed by atoms with Gasteiger partial charge < -0.3 is 10.1 Å². The van der Waals surface area contributed by atoms with Crippen LogP contribution in [0, 0.1) is 5.92 Å². The topological polar surface area (TPSA) is 39.1 Å². The van der Waals surface area contributed by atoms with E-state index in [4.69, 9.17) is 4.74 Å². The van der Waals surface area contributed by atoms with E-state index < -0.39 is 0 Å². The first-order valence-corrected chi connectivity index (χ1v) is 6.08. The van der Waals surface area contributed by atoms with E-state index in [1.54, 1.807) is 0 Å². The molecule has 0 amide bonds. The number of nitrogens with one attached hydrogen (secondary N) is 1. The Kier molecular flexibility index (Phi) is 3.96. The summed E-state index contributed by atoms with van der Waals surface area (Å²) in [4.78, 5) is 0. The van der Waals surface area contributed by atoms with Gasteiger partial charge in [-0.1, -0.05) is 13.8 Å². The minimum Gasteiger partial charge on any atom is -0.379 e. The van der Waals surface area contributed by atoms with Crippen LogP contribution in [0.15, 0.2) is 12.3 Å². The van der Waals surface area contributed by atoms with Crippen molar-refractivity contribution in [2.75, 3.05) is 19.8 Å². The van der Waals surface area contributed by atoms with Crippen molar-refractivity contribution in [3.63, 3.8) is 0 Å². The average molecular weight is 223 g/mol. The molecule has 0 radical (unpaired) electrons. The fourth-order valence-electron chi connectivity index (χ4n) is 1.89. The van der Waals surface area contributed by atoms with Crippen LogP contribution < -0.4 is 5.32 Å². The second-order valence-corrected chi connectivity index (χ2v) is 4.83. The van der Waals surface area contributed by atoms with Crippen molar-refractivity contribution < 1.29 is 4.74 Å². The fraction of sp³-hybridized carbons (Fsp3) is 0.750. The first kappa shape index (κ1) is 11.6. The number of ether oxygens (including phenoxy) is 1. The lowest BCUT2D eigenvalue weighted by Crippen LogP contribution is -2.19. The van der Waals surface area contributed by atoms with Crippen LogP contribution in [-0.2, 0) is 11.3 Å². The van der Waals surface area contributed by atoms with Gasteiger partial charge in [0.2, 0.25) is 0 Å². The van der Waals surface area contributed by atoms with Crippen molar-refractivity contribution in [3.05, 3.63) is 18.0 Å². The van der Waals surface area contributed by atoms with Gasteiger partial charge in [0.15, 0.2) is 0 Å². The van der Waals surface area contributed by atoms with Crippen LogP contribution in [0.25, 0.3) is 0 Å². The summed E-state index contributed by atoms with van der Waals surface area (Å²) in [6.07, 6.45) is 3.15. The third-order valence-corrected chi connectivity index (χ3v) is 2.80. The van der Waals surface area contributed by atoms with Gasteiger partial charge in [-0.3, -0.25) is 4.68 Å². The molecule has 1 saturated heterocycles. The molecule has 1 aliphatic rings. The summed E-state index contributed by atoms with van der Waals surface area (Å²) in [5, 5.41) is 7.96. The summed E-state index contributed by atoms with van der Waals surface area (Å²) in [6, 6.07) is 2.53. The number of nitrogens with zero attached hydrogens (tertiary/aromatic N) is 2. The molecular weight excluding hydrogens is 202 g/mol. The Hall–Kier alpha value is -0.870. The van der Waals surface area contributed by atoms with Gasteiger partial charge >= 0.3 is 0 Å². The third kappa shape index (κ3) is 3.06. The highest BCUT2D eigenvalue weighted by molar-refractivity contribution is 4.99. The number of hydrogen-bond acceptors (Lipinski definition) is 3. The van der Waals surface area contributed by atoms with Crippen LogP contribution in [0.5, 0.6) is 0 Å². The van der Waals surface area contributed by atoms with Crippen molar-refractivity contribution >= 4 is 0 Å². The van der Waals surface area contributed by atoms with Gasteiger partial charge in [-0.25, -0.2) is 0 Å². The molecule has 0 bridgehead atoms. The molecule has 0 saturated carbocycles. The Morgan fingerprint density at radius 2 is 2.50 bits per heavy atom. The molecule has 1 aromatic rings. The van der Waals surface area contributed by atoms with E-state index in [0.29, 0.717) is 12.0 Å². The molecule has 2 rings (SSSR count). The largest absolute Gasteiger partial charge is 0.379 e. The van der Waals surface area contributed by atoms with Crippen LogP contribution >= 0.6 is 0 Å². The Bertz CT molecular complexity index is 316. The first-order chi connectivity index (χ1) is 7.75. The molecule has 2 heterocycles. The van der Waals surface area contributed by atoms with Crippen molar-refractivity contribution in [2.24, 2.45) is 5.92 Å². The van der Waals surface area contributed by atoms with Gasteiger partial charge in [-0.2, -0.15) is 5.10 Å². The van der Waals surface area contributed by atoms with Crippen LogP contribution in [0.2, 0.25) is 0 Å². The molecule has 1 aromatic heterocycles. The van der Waals surface area contributed by atoms with Gasteiger partial charge in [0.25, 0.3) is 0 Å². The monoisotopic (exact) mass is 223 g/mol. The van der Waals surface area contributed by atoms with Crippen LogP contribution in [-0.4, -0.2) is 29.5 Å². The Labute approximate surface area is 97.0 Å². The van der Waals surface area contributed by atoms with E-state index in [1.165, 1.54) is 0 Å². The van der Waals surface area contributed by atoms with Gasteiger partial charge in [0.05, 0.1) is 18.3 Å². The highest BCUT2D eigenvalue weighted by Crippen LogP contribution is 2.17. The molecule has 1 unspecified atom stereocenters. The summed E-state index contributed by atoms with van der Waals surface area (Å²) < 4.78 is 7.40. The zero-order valence-corrected chi connectivity index (χ0v) is 10.1. The van der Waals surface area contributed by atoms with Crippen LogP contribution in [0.4, 0.5) is 0 Å². The van der Waals surface area contributed by atoms with Crippen molar-refractivity contribution in [3.8, 4) is 0 Å². The highest BCUT2D eigenvalue weighted by atomic mass is 16.5. The molecule has 1 N–H and O–H groups in total. The van der Waals surface area contributed by atoms with E-state index >= 15 is 0 Å². The summed E-state index contributed by atoms with van der Waals surface area (Å²) in [5.74, 6) is 0.685. The molecule has 90 valence electrons. The van der Waals surface area contributed by atoms with Gasteiger partial charge in [-0.05, 0) is 24.9 Å². The Morgan fingerprint density at radius 3 is 3.19 bits per heavy atom. The van der Waals surface area contributed by atoms with Crippen molar-refractivity contribution in [1.29, 1.82) is 0 Å². The van der Waals surface area contributed by atoms with E-state index in [0.717, 1.165) is 38.4 Å². The normalized spacial score (nSPS) is 20.8. The quantitative estimate of drug-likeness (QED) is 0.824. The smallest absolute Gasteiger partial charge is 0.0774 e. The minimum absolute atomic E-state index is 0.443. The lowest BCUT2D eigenvalue weighted by molar-refractivity contribution is 0.184. The minimum atomic E-state index is 0.443. The zero-order valence-electron chi connectivity index (χ0n) is 10.1. The molecule has 1 fully saturated rings. The lowest BCUT2D eigenvalue weighted by atomic mass is 10.2. The molecule has 4 heteroatoms. The molecule has 16 heavy (non-hydrogen) atoms. The zero-order chi connectivity index (χ0) is 11.4.